The van der Waals surface area contributed by atoms with Gasteiger partial charge < -0.3 is 16.2 Å². The molecule has 1 aromatic carbocycles. The summed E-state index contributed by atoms with van der Waals surface area (Å²) in [6.45, 7) is 6.98. The van der Waals surface area contributed by atoms with E-state index < -0.39 is 11.6 Å². The average Bonchev–Trinajstić information content (AvgIpc) is 2.20. The summed E-state index contributed by atoms with van der Waals surface area (Å²) in [4.78, 5) is 11.4. The second-order valence-electron chi connectivity index (χ2n) is 4.88. The molecule has 1 aromatic rings. The molecular weight excluding hydrogens is 216 g/mol. The van der Waals surface area contributed by atoms with Gasteiger partial charge in [0.1, 0.15) is 0 Å². The number of ketones is 1. The van der Waals surface area contributed by atoms with Crippen LogP contribution in [0.2, 0.25) is 0 Å². The highest BCUT2D eigenvalue weighted by molar-refractivity contribution is 6.00. The third kappa shape index (κ3) is 3.20. The van der Waals surface area contributed by atoms with Crippen LogP contribution in [0.5, 0.6) is 0 Å². The van der Waals surface area contributed by atoms with E-state index in [4.69, 9.17) is 5.73 Å². The molecule has 0 aliphatic rings. The lowest BCUT2D eigenvalue weighted by molar-refractivity contribution is 0.101. The van der Waals surface area contributed by atoms with E-state index in [2.05, 4.69) is 5.32 Å². The van der Waals surface area contributed by atoms with E-state index in [0.29, 0.717) is 11.3 Å². The number of rotatable bonds is 4. The van der Waals surface area contributed by atoms with Crippen molar-refractivity contribution in [1.29, 1.82) is 0 Å². The summed E-state index contributed by atoms with van der Waals surface area (Å²) in [5, 5.41) is 12.8. The summed E-state index contributed by atoms with van der Waals surface area (Å²) in [7, 11) is 0. The van der Waals surface area contributed by atoms with Crippen LogP contribution < -0.4 is 11.1 Å². The quantitative estimate of drug-likeness (QED) is 0.552. The van der Waals surface area contributed by atoms with Gasteiger partial charge in [-0.15, -0.1) is 0 Å². The molecule has 0 bridgehead atoms. The number of nitrogens with one attached hydrogen (secondary N) is 1. The molecule has 0 saturated carbocycles. The first-order chi connectivity index (χ1) is 7.74. The van der Waals surface area contributed by atoms with Crippen LogP contribution in [0, 0.1) is 0 Å². The molecule has 0 fully saturated rings. The molecule has 0 amide bonds. The standard InChI is InChI=1S/C13H20N2O2/c1-8(16)11-7-10(5-6-12(11)14)15-13(3,4)9(2)17/h5-7,9,15,17H,14H2,1-4H3. The Bertz CT molecular complexity index is 425. The lowest BCUT2D eigenvalue weighted by atomic mass is 9.97. The topological polar surface area (TPSA) is 75.3 Å². The molecule has 1 unspecified atom stereocenters. The van der Waals surface area contributed by atoms with Gasteiger partial charge in [-0.05, 0) is 45.9 Å². The predicted octanol–water partition coefficient (Wildman–Crippen LogP) is 2.04. The number of carbonyl (C=O) groups excluding carboxylic acids is 1. The van der Waals surface area contributed by atoms with Crippen molar-refractivity contribution in [3.8, 4) is 0 Å². The minimum absolute atomic E-state index is 0.0685. The summed E-state index contributed by atoms with van der Waals surface area (Å²) in [6.07, 6.45) is -0.513. The van der Waals surface area contributed by atoms with E-state index >= 15 is 0 Å². The molecule has 0 spiro atoms. The first-order valence-electron chi connectivity index (χ1n) is 5.61. The van der Waals surface area contributed by atoms with Gasteiger partial charge in [-0.3, -0.25) is 4.79 Å². The van der Waals surface area contributed by atoms with E-state index in [1.54, 1.807) is 25.1 Å². The predicted molar refractivity (Wildman–Crippen MR) is 70.2 cm³/mol. The van der Waals surface area contributed by atoms with Gasteiger partial charge in [-0.1, -0.05) is 0 Å². The van der Waals surface area contributed by atoms with Crippen LogP contribution in [0.15, 0.2) is 18.2 Å². The summed E-state index contributed by atoms with van der Waals surface area (Å²) in [5.41, 5.74) is 6.99. The molecule has 0 aromatic heterocycles. The zero-order valence-corrected chi connectivity index (χ0v) is 10.7. The maximum absolute atomic E-state index is 11.4. The van der Waals surface area contributed by atoms with Gasteiger partial charge >= 0.3 is 0 Å². The Morgan fingerprint density at radius 2 is 2.06 bits per heavy atom. The molecule has 1 atom stereocenters. The SMILES string of the molecule is CC(=O)c1cc(NC(C)(C)C(C)O)ccc1N. The first-order valence-corrected chi connectivity index (χ1v) is 5.61. The number of nitrogen functional groups attached to an aromatic ring is 1. The van der Waals surface area contributed by atoms with Gasteiger partial charge in [0.25, 0.3) is 0 Å². The highest BCUT2D eigenvalue weighted by Crippen LogP contribution is 2.22. The Labute approximate surface area is 102 Å². The molecule has 0 saturated heterocycles. The first kappa shape index (κ1) is 13.5. The van der Waals surface area contributed by atoms with E-state index in [1.165, 1.54) is 6.92 Å². The highest BCUT2D eigenvalue weighted by atomic mass is 16.3. The maximum atomic E-state index is 11.4. The lowest BCUT2D eigenvalue weighted by Gasteiger charge is -2.30. The van der Waals surface area contributed by atoms with Gasteiger partial charge in [0.05, 0.1) is 11.6 Å². The summed E-state index contributed by atoms with van der Waals surface area (Å²) in [6, 6.07) is 5.20. The zero-order valence-electron chi connectivity index (χ0n) is 10.7. The monoisotopic (exact) mass is 236 g/mol. The van der Waals surface area contributed by atoms with Crippen molar-refractivity contribution in [3.05, 3.63) is 23.8 Å². The number of nitrogens with two attached hydrogens (primary N) is 1. The second-order valence-corrected chi connectivity index (χ2v) is 4.88. The van der Waals surface area contributed by atoms with Gasteiger partial charge in [0.2, 0.25) is 0 Å². The molecule has 4 nitrogen and oxygen atoms in total. The van der Waals surface area contributed by atoms with Crippen LogP contribution in [0.25, 0.3) is 0 Å². The Kier molecular flexibility index (Phi) is 3.78. The minimum atomic E-state index is -0.513. The molecule has 94 valence electrons. The van der Waals surface area contributed by atoms with E-state index in [9.17, 15) is 9.90 Å². The van der Waals surface area contributed by atoms with Gasteiger partial charge in [0, 0.05) is 16.9 Å². The fraction of sp³-hybridized carbons (Fsp3) is 0.462. The van der Waals surface area contributed by atoms with Crippen molar-refractivity contribution < 1.29 is 9.90 Å². The van der Waals surface area contributed by atoms with Crippen molar-refractivity contribution in [3.63, 3.8) is 0 Å². The third-order valence-corrected chi connectivity index (χ3v) is 2.94. The van der Waals surface area contributed by atoms with Gasteiger partial charge in [-0.25, -0.2) is 0 Å². The molecule has 0 aliphatic carbocycles. The number of aliphatic hydroxyl groups is 1. The number of anilines is 2. The molecule has 17 heavy (non-hydrogen) atoms. The number of hydrogen-bond acceptors (Lipinski definition) is 4. The molecule has 4 heteroatoms. The third-order valence-electron chi connectivity index (χ3n) is 2.94. The van der Waals surface area contributed by atoms with Crippen LogP contribution in [0.1, 0.15) is 38.1 Å². The van der Waals surface area contributed by atoms with E-state index in [1.807, 2.05) is 13.8 Å². The van der Waals surface area contributed by atoms with Gasteiger partial charge in [-0.2, -0.15) is 0 Å². The fourth-order valence-electron chi connectivity index (χ4n) is 1.42. The Morgan fingerprint density at radius 3 is 2.53 bits per heavy atom. The van der Waals surface area contributed by atoms with Crippen LogP contribution in [0.4, 0.5) is 11.4 Å². The normalized spacial score (nSPS) is 13.2. The highest BCUT2D eigenvalue weighted by Gasteiger charge is 2.23. The molecule has 4 N–H and O–H groups in total. The number of aliphatic hydroxyl groups excluding tert-OH is 1. The number of Topliss-reactive ketones (excluding diaryl/α,β-unsaturated/α-hetero) is 1. The Hall–Kier alpha value is -1.55. The van der Waals surface area contributed by atoms with Gasteiger partial charge in [0.15, 0.2) is 5.78 Å². The Morgan fingerprint density at radius 1 is 1.47 bits per heavy atom. The smallest absolute Gasteiger partial charge is 0.161 e. The van der Waals surface area contributed by atoms with Crippen LogP contribution in [0.3, 0.4) is 0 Å². The van der Waals surface area contributed by atoms with E-state index in [0.717, 1.165) is 5.69 Å². The molecule has 0 heterocycles. The van der Waals surface area contributed by atoms with Crippen molar-refractivity contribution in [1.82, 2.24) is 0 Å². The summed E-state index contributed by atoms with van der Waals surface area (Å²) >= 11 is 0. The number of carbonyl (C=O) groups is 1. The number of benzene rings is 1. The molecule has 1 rings (SSSR count). The fourth-order valence-corrected chi connectivity index (χ4v) is 1.42. The zero-order chi connectivity index (χ0) is 13.2. The summed E-state index contributed by atoms with van der Waals surface area (Å²) < 4.78 is 0. The Balaban J connectivity index is 3.01. The van der Waals surface area contributed by atoms with Crippen LogP contribution >= 0.6 is 0 Å². The van der Waals surface area contributed by atoms with Crippen molar-refractivity contribution in [2.75, 3.05) is 11.1 Å². The second kappa shape index (κ2) is 4.75. The molecular formula is C13H20N2O2. The average molecular weight is 236 g/mol. The van der Waals surface area contributed by atoms with Crippen LogP contribution in [-0.4, -0.2) is 22.5 Å². The molecule has 0 aliphatic heterocycles. The van der Waals surface area contributed by atoms with Crippen molar-refractivity contribution in [2.45, 2.75) is 39.3 Å². The maximum Gasteiger partial charge on any atom is 0.161 e. The van der Waals surface area contributed by atoms with E-state index in [-0.39, 0.29) is 5.78 Å². The largest absolute Gasteiger partial charge is 0.398 e. The van der Waals surface area contributed by atoms with Crippen LogP contribution in [-0.2, 0) is 0 Å². The minimum Gasteiger partial charge on any atom is -0.398 e. The van der Waals surface area contributed by atoms with Crippen molar-refractivity contribution in [2.24, 2.45) is 0 Å². The summed E-state index contributed by atoms with van der Waals surface area (Å²) in [5.74, 6) is -0.0685. The lowest BCUT2D eigenvalue weighted by Crippen LogP contribution is -2.41. The number of hydrogen-bond donors (Lipinski definition) is 3. The molecule has 0 radical (unpaired) electrons. The van der Waals surface area contributed by atoms with Crippen molar-refractivity contribution >= 4 is 17.2 Å².